The van der Waals surface area contributed by atoms with Crippen LogP contribution in [-0.4, -0.2) is 75.6 Å². The molecule has 0 aliphatic rings. The molecule has 0 aromatic heterocycles. The van der Waals surface area contributed by atoms with Crippen molar-refractivity contribution in [3.05, 3.63) is 0 Å². The number of carbonyl (C=O) groups is 1. The van der Waals surface area contributed by atoms with Crippen LogP contribution in [0.15, 0.2) is 0 Å². The number of carbonyl (C=O) groups excluding carboxylic acids is 1. The minimum Gasteiger partial charge on any atom is -0.457 e. The van der Waals surface area contributed by atoms with Crippen molar-refractivity contribution >= 4 is 13.8 Å². The maximum atomic E-state index is 12.1. The summed E-state index contributed by atoms with van der Waals surface area (Å²) in [5.41, 5.74) is 0. The molecule has 31 heavy (non-hydrogen) atoms. The molecule has 0 radical (unpaired) electrons. The van der Waals surface area contributed by atoms with Crippen molar-refractivity contribution in [2.45, 2.75) is 84.2 Å². The molecule has 0 aromatic carbocycles. The van der Waals surface area contributed by atoms with E-state index in [-0.39, 0.29) is 25.8 Å². The molecule has 0 saturated heterocycles. The van der Waals surface area contributed by atoms with Crippen LogP contribution in [0, 0.1) is 0 Å². The predicted molar refractivity (Wildman–Crippen MR) is 123 cm³/mol. The van der Waals surface area contributed by atoms with Gasteiger partial charge in [-0.1, -0.05) is 58.8 Å². The zero-order valence-corrected chi connectivity index (χ0v) is 21.4. The molecule has 0 spiro atoms. The van der Waals surface area contributed by atoms with Gasteiger partial charge in [-0.3, -0.25) is 13.8 Å². The Morgan fingerprint density at radius 1 is 0.871 bits per heavy atom. The molecule has 9 heteroatoms. The summed E-state index contributed by atoms with van der Waals surface area (Å²) in [6.07, 6.45) is 9.12. The molecule has 1 N–H and O–H groups in total. The summed E-state index contributed by atoms with van der Waals surface area (Å²) < 4.78 is 33.9. The van der Waals surface area contributed by atoms with Crippen LogP contribution in [0.25, 0.3) is 0 Å². The van der Waals surface area contributed by atoms with Gasteiger partial charge in [-0.05, 0) is 12.8 Å². The molecule has 0 amide bonds. The Morgan fingerprint density at radius 3 is 2.10 bits per heavy atom. The average Bonchev–Trinajstić information content (AvgIpc) is 2.67. The second-order valence-electron chi connectivity index (χ2n) is 9.02. The molecule has 0 aliphatic carbocycles. The molecule has 0 heterocycles. The SMILES string of the molecule is CCCCCCCOCC(COP(=O)(O)OCC[N+](C)(C)C)OC(=O)CCCCCC. The van der Waals surface area contributed by atoms with Gasteiger partial charge in [0, 0.05) is 13.0 Å². The molecule has 0 bridgehead atoms. The highest BCUT2D eigenvalue weighted by Gasteiger charge is 2.26. The fraction of sp³-hybridized carbons (Fsp3) is 0.955. The Hall–Kier alpha value is -0.500. The Bertz CT molecular complexity index is 497. The van der Waals surface area contributed by atoms with Crippen molar-refractivity contribution in [1.82, 2.24) is 0 Å². The summed E-state index contributed by atoms with van der Waals surface area (Å²) in [7, 11) is 1.66. The number of rotatable bonds is 21. The van der Waals surface area contributed by atoms with E-state index in [1.807, 2.05) is 21.1 Å². The van der Waals surface area contributed by atoms with E-state index in [0.717, 1.165) is 38.5 Å². The van der Waals surface area contributed by atoms with Gasteiger partial charge in [0.15, 0.2) is 0 Å². The van der Waals surface area contributed by atoms with Gasteiger partial charge in [-0.2, -0.15) is 0 Å². The van der Waals surface area contributed by atoms with E-state index in [4.69, 9.17) is 18.5 Å². The van der Waals surface area contributed by atoms with E-state index in [1.54, 1.807) is 0 Å². The summed E-state index contributed by atoms with van der Waals surface area (Å²) in [6, 6.07) is 0. The number of nitrogens with zero attached hydrogens (tertiary/aromatic N) is 1. The number of quaternary nitrogens is 1. The molecule has 8 nitrogen and oxygen atoms in total. The number of likely N-dealkylation sites (N-methyl/N-ethyl adjacent to an activating group) is 1. The normalized spacial score (nSPS) is 14.9. The van der Waals surface area contributed by atoms with Crippen LogP contribution in [0.4, 0.5) is 0 Å². The third-order valence-electron chi connectivity index (χ3n) is 4.67. The monoisotopic (exact) mass is 468 g/mol. The van der Waals surface area contributed by atoms with Crippen molar-refractivity contribution < 1.29 is 37.3 Å². The number of unbranched alkanes of at least 4 members (excludes halogenated alkanes) is 7. The Labute approximate surface area is 189 Å². The topological polar surface area (TPSA) is 91.3 Å². The van der Waals surface area contributed by atoms with Gasteiger partial charge in [0.25, 0.3) is 0 Å². The first-order valence-electron chi connectivity index (χ1n) is 11.8. The fourth-order valence-corrected chi connectivity index (χ4v) is 3.47. The first-order chi connectivity index (χ1) is 14.6. The molecule has 0 rings (SSSR count). The number of esters is 1. The minimum atomic E-state index is -4.22. The first kappa shape index (κ1) is 30.5. The summed E-state index contributed by atoms with van der Waals surface area (Å²) in [5.74, 6) is -0.338. The number of phosphoric ester groups is 1. The Kier molecular flexibility index (Phi) is 17.7. The summed E-state index contributed by atoms with van der Waals surface area (Å²) >= 11 is 0. The zero-order valence-electron chi connectivity index (χ0n) is 20.5. The van der Waals surface area contributed by atoms with Gasteiger partial charge in [0.2, 0.25) is 0 Å². The van der Waals surface area contributed by atoms with E-state index in [1.165, 1.54) is 19.3 Å². The van der Waals surface area contributed by atoms with E-state index in [0.29, 0.717) is 24.1 Å². The quantitative estimate of drug-likeness (QED) is 0.113. The van der Waals surface area contributed by atoms with Crippen LogP contribution in [0.3, 0.4) is 0 Å². The van der Waals surface area contributed by atoms with E-state index < -0.39 is 13.9 Å². The standard InChI is InChI=1S/C22H46NO7P/c1-6-8-10-12-14-17-27-19-21(30-22(24)15-13-11-9-7-2)20-29-31(25,26)28-18-16-23(3,4)5/h21H,6-20H2,1-5H3/p+1. The van der Waals surface area contributed by atoms with Gasteiger partial charge in [-0.15, -0.1) is 0 Å². The molecular weight excluding hydrogens is 421 g/mol. The molecule has 186 valence electrons. The van der Waals surface area contributed by atoms with Crippen LogP contribution < -0.4 is 0 Å². The third-order valence-corrected chi connectivity index (χ3v) is 5.65. The average molecular weight is 469 g/mol. The third kappa shape index (κ3) is 21.1. The Morgan fingerprint density at radius 2 is 1.48 bits per heavy atom. The van der Waals surface area contributed by atoms with Gasteiger partial charge in [0.05, 0.1) is 34.4 Å². The van der Waals surface area contributed by atoms with Crippen molar-refractivity contribution in [3.8, 4) is 0 Å². The van der Waals surface area contributed by atoms with E-state index in [9.17, 15) is 14.3 Å². The van der Waals surface area contributed by atoms with Crippen LogP contribution in [0.2, 0.25) is 0 Å². The highest BCUT2D eigenvalue weighted by Crippen LogP contribution is 2.43. The highest BCUT2D eigenvalue weighted by atomic mass is 31.2. The minimum absolute atomic E-state index is 0.0907. The number of hydrogen-bond donors (Lipinski definition) is 1. The number of ether oxygens (including phenoxy) is 2. The largest absolute Gasteiger partial charge is 0.472 e. The van der Waals surface area contributed by atoms with Crippen LogP contribution in [0.1, 0.15) is 78.1 Å². The molecule has 0 aliphatic heterocycles. The maximum absolute atomic E-state index is 12.1. The van der Waals surface area contributed by atoms with Crippen LogP contribution in [-0.2, 0) is 27.9 Å². The van der Waals surface area contributed by atoms with E-state index >= 15 is 0 Å². The van der Waals surface area contributed by atoms with Crippen molar-refractivity contribution in [2.75, 3.05) is 54.1 Å². The molecule has 0 fully saturated rings. The van der Waals surface area contributed by atoms with Gasteiger partial charge in [-0.25, -0.2) is 4.57 Å². The van der Waals surface area contributed by atoms with Gasteiger partial charge >= 0.3 is 13.8 Å². The summed E-state index contributed by atoms with van der Waals surface area (Å²) in [6.45, 7) is 5.39. The molecule has 0 saturated carbocycles. The number of hydrogen-bond acceptors (Lipinski definition) is 6. The lowest BCUT2D eigenvalue weighted by molar-refractivity contribution is -0.870. The smallest absolute Gasteiger partial charge is 0.457 e. The van der Waals surface area contributed by atoms with Crippen molar-refractivity contribution in [2.24, 2.45) is 0 Å². The first-order valence-corrected chi connectivity index (χ1v) is 13.3. The zero-order chi connectivity index (χ0) is 23.6. The lowest BCUT2D eigenvalue weighted by Crippen LogP contribution is -2.37. The van der Waals surface area contributed by atoms with Crippen LogP contribution >= 0.6 is 7.82 Å². The second kappa shape index (κ2) is 18.0. The molecule has 0 aromatic rings. The van der Waals surface area contributed by atoms with E-state index in [2.05, 4.69) is 13.8 Å². The molecule has 2 unspecified atom stereocenters. The van der Waals surface area contributed by atoms with Gasteiger partial charge in [0.1, 0.15) is 19.3 Å². The second-order valence-corrected chi connectivity index (χ2v) is 10.5. The maximum Gasteiger partial charge on any atom is 0.472 e. The van der Waals surface area contributed by atoms with Crippen molar-refractivity contribution in [1.29, 1.82) is 0 Å². The summed E-state index contributed by atoms with van der Waals surface area (Å²) in [4.78, 5) is 22.0. The lowest BCUT2D eigenvalue weighted by atomic mass is 10.1. The fourth-order valence-electron chi connectivity index (χ4n) is 2.72. The molecular formula is C22H47NO7P+. The molecule has 2 atom stereocenters. The van der Waals surface area contributed by atoms with Crippen molar-refractivity contribution in [3.63, 3.8) is 0 Å². The van der Waals surface area contributed by atoms with Crippen LogP contribution in [0.5, 0.6) is 0 Å². The predicted octanol–water partition coefficient (Wildman–Crippen LogP) is 4.70. The summed E-state index contributed by atoms with van der Waals surface area (Å²) in [5, 5.41) is 0. The number of phosphoric acid groups is 1. The van der Waals surface area contributed by atoms with Gasteiger partial charge < -0.3 is 18.9 Å². The highest BCUT2D eigenvalue weighted by molar-refractivity contribution is 7.47. The Balaban J connectivity index is 4.46. The lowest BCUT2D eigenvalue weighted by Gasteiger charge is -2.24.